The zero-order valence-corrected chi connectivity index (χ0v) is 9.52. The number of β-amino-alcohol motifs (C(OH)–C–C–N with tert-alkyl or cyclic N) is 1. The normalized spacial score (nSPS) is 20.1. The van der Waals surface area contributed by atoms with Crippen LogP contribution in [0.2, 0.25) is 0 Å². The topological polar surface area (TPSA) is 40.5 Å². The number of carbonyl (C=O) groups excluding carboxylic acids is 1. The van der Waals surface area contributed by atoms with Crippen molar-refractivity contribution in [3.05, 3.63) is 29.8 Å². The highest BCUT2D eigenvalue weighted by Crippen LogP contribution is 2.25. The molecule has 1 saturated heterocycles. The highest BCUT2D eigenvalue weighted by atomic mass is 16.3. The van der Waals surface area contributed by atoms with E-state index < -0.39 is 0 Å². The summed E-state index contributed by atoms with van der Waals surface area (Å²) in [4.78, 5) is 13.9. The molecule has 2 rings (SSSR count). The van der Waals surface area contributed by atoms with Gasteiger partial charge in [-0.05, 0) is 18.6 Å². The Balaban J connectivity index is 2.29. The Kier molecular flexibility index (Phi) is 3.25. The summed E-state index contributed by atoms with van der Waals surface area (Å²) in [6, 6.07) is 7.65. The summed E-state index contributed by atoms with van der Waals surface area (Å²) in [5.41, 5.74) is 1.74. The van der Waals surface area contributed by atoms with Crippen molar-refractivity contribution in [3.63, 3.8) is 0 Å². The molecule has 1 fully saturated rings. The molecule has 0 aromatic heterocycles. The maximum Gasteiger partial charge on any atom is 0.164 e. The molecule has 0 saturated carbocycles. The van der Waals surface area contributed by atoms with Gasteiger partial charge in [0.05, 0.1) is 6.10 Å². The first-order chi connectivity index (χ1) is 7.72. The van der Waals surface area contributed by atoms with Crippen molar-refractivity contribution in [1.82, 2.24) is 0 Å². The van der Waals surface area contributed by atoms with Gasteiger partial charge in [0.1, 0.15) is 0 Å². The highest BCUT2D eigenvalue weighted by molar-refractivity contribution is 6.01. The molecule has 3 heteroatoms. The number of benzene rings is 1. The maximum atomic E-state index is 11.8. The zero-order chi connectivity index (χ0) is 11.5. The molecule has 0 amide bonds. The fraction of sp³-hybridized carbons (Fsp3) is 0.462. The third-order valence-electron chi connectivity index (χ3n) is 3.03. The molecular formula is C13H17NO2. The molecule has 1 aromatic carbocycles. The van der Waals surface area contributed by atoms with Crippen LogP contribution < -0.4 is 4.90 Å². The van der Waals surface area contributed by atoms with Crippen molar-refractivity contribution in [2.75, 3.05) is 18.0 Å². The number of rotatable bonds is 3. The molecule has 1 unspecified atom stereocenters. The lowest BCUT2D eigenvalue weighted by Crippen LogP contribution is -2.23. The van der Waals surface area contributed by atoms with Crippen molar-refractivity contribution >= 4 is 11.5 Å². The monoisotopic (exact) mass is 219 g/mol. The third kappa shape index (κ3) is 2.09. The molecule has 0 spiro atoms. The van der Waals surface area contributed by atoms with E-state index >= 15 is 0 Å². The Morgan fingerprint density at radius 1 is 1.50 bits per heavy atom. The molecule has 3 nitrogen and oxygen atoms in total. The van der Waals surface area contributed by atoms with Gasteiger partial charge in [0.25, 0.3) is 0 Å². The number of ketones is 1. The van der Waals surface area contributed by atoms with Crippen molar-refractivity contribution in [2.45, 2.75) is 25.9 Å². The summed E-state index contributed by atoms with van der Waals surface area (Å²) in [5, 5.41) is 9.52. The summed E-state index contributed by atoms with van der Waals surface area (Å²) in [6.07, 6.45) is 1.05. The predicted octanol–water partition coefficient (Wildman–Crippen LogP) is 1.85. The lowest BCUT2D eigenvalue weighted by atomic mass is 10.1. The molecule has 86 valence electrons. The van der Waals surface area contributed by atoms with E-state index in [1.54, 1.807) is 0 Å². The van der Waals surface area contributed by atoms with E-state index in [0.29, 0.717) is 13.0 Å². The van der Waals surface area contributed by atoms with Crippen LogP contribution in [-0.2, 0) is 0 Å². The molecule has 1 aliphatic heterocycles. The van der Waals surface area contributed by atoms with E-state index in [2.05, 4.69) is 4.90 Å². The Bertz CT molecular complexity index is 389. The van der Waals surface area contributed by atoms with E-state index in [1.165, 1.54) is 0 Å². The van der Waals surface area contributed by atoms with E-state index in [-0.39, 0.29) is 11.9 Å². The van der Waals surface area contributed by atoms with Crippen molar-refractivity contribution in [1.29, 1.82) is 0 Å². The molecule has 1 aromatic rings. The van der Waals surface area contributed by atoms with E-state index in [0.717, 1.165) is 24.2 Å². The average molecular weight is 219 g/mol. The Morgan fingerprint density at radius 2 is 2.25 bits per heavy atom. The predicted molar refractivity (Wildman–Crippen MR) is 63.9 cm³/mol. The van der Waals surface area contributed by atoms with Crippen LogP contribution >= 0.6 is 0 Å². The van der Waals surface area contributed by atoms with Crippen LogP contribution in [0, 0.1) is 0 Å². The van der Waals surface area contributed by atoms with E-state index in [1.807, 2.05) is 31.2 Å². The van der Waals surface area contributed by atoms with Gasteiger partial charge >= 0.3 is 0 Å². The van der Waals surface area contributed by atoms with Gasteiger partial charge in [0.15, 0.2) is 5.78 Å². The van der Waals surface area contributed by atoms with Crippen LogP contribution in [-0.4, -0.2) is 30.1 Å². The van der Waals surface area contributed by atoms with Crippen LogP contribution in [0.4, 0.5) is 5.69 Å². The molecule has 16 heavy (non-hydrogen) atoms. The molecule has 0 aliphatic carbocycles. The average Bonchev–Trinajstić information content (AvgIpc) is 2.75. The number of carbonyl (C=O) groups is 1. The fourth-order valence-electron chi connectivity index (χ4n) is 2.14. The number of Topliss-reactive ketones (excluding diaryl/α,β-unsaturated/α-hetero) is 1. The molecule has 0 bridgehead atoms. The minimum absolute atomic E-state index is 0.164. The van der Waals surface area contributed by atoms with Gasteiger partial charge in [-0.1, -0.05) is 19.1 Å². The Hall–Kier alpha value is -1.35. The largest absolute Gasteiger partial charge is 0.391 e. The van der Waals surface area contributed by atoms with Gasteiger partial charge in [0, 0.05) is 30.8 Å². The summed E-state index contributed by atoms with van der Waals surface area (Å²) in [6.45, 7) is 3.33. The zero-order valence-electron chi connectivity index (χ0n) is 9.52. The van der Waals surface area contributed by atoms with Gasteiger partial charge in [-0.3, -0.25) is 4.79 Å². The number of aliphatic hydroxyl groups is 1. The summed E-state index contributed by atoms with van der Waals surface area (Å²) < 4.78 is 0. The Labute approximate surface area is 95.7 Å². The van der Waals surface area contributed by atoms with Gasteiger partial charge in [-0.2, -0.15) is 0 Å². The lowest BCUT2D eigenvalue weighted by Gasteiger charge is -2.20. The van der Waals surface area contributed by atoms with Crippen LogP contribution in [0.1, 0.15) is 30.1 Å². The maximum absolute atomic E-state index is 11.8. The second kappa shape index (κ2) is 4.66. The fourth-order valence-corrected chi connectivity index (χ4v) is 2.14. The number of hydrogen-bond donors (Lipinski definition) is 1. The SMILES string of the molecule is CCC(=O)c1ccccc1N1CCC(O)C1. The minimum Gasteiger partial charge on any atom is -0.391 e. The number of hydrogen-bond acceptors (Lipinski definition) is 3. The number of para-hydroxylation sites is 1. The minimum atomic E-state index is -0.259. The number of anilines is 1. The van der Waals surface area contributed by atoms with E-state index in [9.17, 15) is 9.90 Å². The molecular weight excluding hydrogens is 202 g/mol. The lowest BCUT2D eigenvalue weighted by molar-refractivity contribution is 0.0988. The smallest absolute Gasteiger partial charge is 0.164 e. The Morgan fingerprint density at radius 3 is 2.88 bits per heavy atom. The standard InChI is InChI=1S/C13H17NO2/c1-2-13(16)11-5-3-4-6-12(11)14-8-7-10(15)9-14/h3-6,10,15H,2,7-9H2,1H3. The van der Waals surface area contributed by atoms with Crippen LogP contribution in [0.5, 0.6) is 0 Å². The first-order valence-corrected chi connectivity index (χ1v) is 5.77. The number of aliphatic hydroxyl groups excluding tert-OH is 1. The summed E-state index contributed by atoms with van der Waals surface area (Å²) >= 11 is 0. The van der Waals surface area contributed by atoms with Crippen LogP contribution in [0.3, 0.4) is 0 Å². The number of nitrogens with zero attached hydrogens (tertiary/aromatic N) is 1. The van der Waals surface area contributed by atoms with Gasteiger partial charge < -0.3 is 10.0 Å². The van der Waals surface area contributed by atoms with Crippen molar-refractivity contribution in [3.8, 4) is 0 Å². The van der Waals surface area contributed by atoms with Gasteiger partial charge in [-0.25, -0.2) is 0 Å². The molecule has 1 N–H and O–H groups in total. The van der Waals surface area contributed by atoms with Gasteiger partial charge in [-0.15, -0.1) is 0 Å². The highest BCUT2D eigenvalue weighted by Gasteiger charge is 2.23. The first-order valence-electron chi connectivity index (χ1n) is 5.77. The first kappa shape index (κ1) is 11.1. The molecule has 1 atom stereocenters. The molecule has 0 radical (unpaired) electrons. The van der Waals surface area contributed by atoms with Crippen molar-refractivity contribution in [2.24, 2.45) is 0 Å². The van der Waals surface area contributed by atoms with Crippen molar-refractivity contribution < 1.29 is 9.90 Å². The second-order valence-electron chi connectivity index (χ2n) is 4.18. The summed E-state index contributed by atoms with van der Waals surface area (Å²) in [5.74, 6) is 0.164. The quantitative estimate of drug-likeness (QED) is 0.789. The van der Waals surface area contributed by atoms with Crippen LogP contribution in [0.15, 0.2) is 24.3 Å². The third-order valence-corrected chi connectivity index (χ3v) is 3.03. The van der Waals surface area contributed by atoms with E-state index in [4.69, 9.17) is 0 Å². The van der Waals surface area contributed by atoms with Crippen LogP contribution in [0.25, 0.3) is 0 Å². The molecule has 1 heterocycles. The second-order valence-corrected chi connectivity index (χ2v) is 4.18. The molecule has 1 aliphatic rings. The van der Waals surface area contributed by atoms with Gasteiger partial charge in [0.2, 0.25) is 0 Å². The summed E-state index contributed by atoms with van der Waals surface area (Å²) in [7, 11) is 0.